The average Bonchev–Trinajstić information content (AvgIpc) is 3.39. The number of fused-ring (bicyclic) bond motifs is 1. The van der Waals surface area contributed by atoms with Crippen LogP contribution >= 0.6 is 22.9 Å². The molecule has 0 radical (unpaired) electrons. The van der Waals surface area contributed by atoms with E-state index in [0.29, 0.717) is 17.3 Å². The van der Waals surface area contributed by atoms with Gasteiger partial charge in [0, 0.05) is 22.8 Å². The Hall–Kier alpha value is -1.85. The summed E-state index contributed by atoms with van der Waals surface area (Å²) in [6, 6.07) is 7.77. The highest BCUT2D eigenvalue weighted by molar-refractivity contribution is 7.17. The van der Waals surface area contributed by atoms with Crippen LogP contribution in [0, 0.1) is 5.92 Å². The van der Waals surface area contributed by atoms with Crippen molar-refractivity contribution in [3.63, 3.8) is 0 Å². The molecule has 2 aliphatic rings. The lowest BCUT2D eigenvalue weighted by Gasteiger charge is -2.14. The second kappa shape index (κ2) is 7.64. The molecule has 4 nitrogen and oxygen atoms in total. The minimum absolute atomic E-state index is 0.0694. The SMILES string of the molecule is CC(=O)c1ccc(-c2cc(Cl)c3c(c2)C[C@@H](CNC(=O)C2CCCC2)O3)s1. The summed E-state index contributed by atoms with van der Waals surface area (Å²) < 4.78 is 5.99. The van der Waals surface area contributed by atoms with Crippen LogP contribution in [-0.2, 0) is 11.2 Å². The summed E-state index contributed by atoms with van der Waals surface area (Å²) in [7, 11) is 0. The quantitative estimate of drug-likeness (QED) is 0.724. The van der Waals surface area contributed by atoms with Gasteiger partial charge in [0.15, 0.2) is 5.78 Å². The standard InChI is InChI=1S/C21H22ClNO3S/c1-12(24)18-6-7-19(27-18)14-8-15-9-16(26-20(15)17(22)10-14)11-23-21(25)13-4-2-3-5-13/h6-8,10,13,16H,2-5,9,11H2,1H3,(H,23,25)/t16-/m0/s1. The van der Waals surface area contributed by atoms with Crippen molar-refractivity contribution in [1.82, 2.24) is 5.32 Å². The lowest BCUT2D eigenvalue weighted by molar-refractivity contribution is -0.125. The van der Waals surface area contributed by atoms with Crippen LogP contribution in [0.15, 0.2) is 24.3 Å². The number of hydrogen-bond acceptors (Lipinski definition) is 4. The molecule has 1 fully saturated rings. The summed E-state index contributed by atoms with van der Waals surface area (Å²) in [6.07, 6.45) is 4.92. The first kappa shape index (κ1) is 18.5. The smallest absolute Gasteiger partial charge is 0.223 e. The molecule has 142 valence electrons. The van der Waals surface area contributed by atoms with Crippen LogP contribution < -0.4 is 10.1 Å². The number of amides is 1. The van der Waals surface area contributed by atoms with E-state index in [1.54, 1.807) is 6.92 Å². The van der Waals surface area contributed by atoms with Crippen molar-refractivity contribution < 1.29 is 14.3 Å². The summed E-state index contributed by atoms with van der Waals surface area (Å²) in [5, 5.41) is 3.61. The number of carbonyl (C=O) groups is 2. The van der Waals surface area contributed by atoms with Gasteiger partial charge in [0.1, 0.15) is 11.9 Å². The van der Waals surface area contributed by atoms with Crippen LogP contribution in [0.4, 0.5) is 0 Å². The Balaban J connectivity index is 1.44. The van der Waals surface area contributed by atoms with Crippen LogP contribution in [0.1, 0.15) is 47.8 Å². The monoisotopic (exact) mass is 403 g/mol. The van der Waals surface area contributed by atoms with E-state index >= 15 is 0 Å². The molecule has 1 amide bonds. The molecular formula is C21H22ClNO3S. The Bertz CT molecular complexity index is 886. The molecule has 1 aliphatic carbocycles. The van der Waals surface area contributed by atoms with E-state index in [-0.39, 0.29) is 23.7 Å². The predicted molar refractivity (Wildman–Crippen MR) is 108 cm³/mol. The Labute approximate surface area is 167 Å². The minimum Gasteiger partial charge on any atom is -0.486 e. The van der Waals surface area contributed by atoms with Gasteiger partial charge in [-0.15, -0.1) is 11.3 Å². The van der Waals surface area contributed by atoms with Crippen molar-refractivity contribution in [3.8, 4) is 16.2 Å². The number of Topliss-reactive ketones (excluding diaryl/α,β-unsaturated/α-hetero) is 1. The van der Waals surface area contributed by atoms with E-state index in [1.807, 2.05) is 18.2 Å². The molecule has 1 atom stereocenters. The first-order chi connectivity index (χ1) is 13.0. The van der Waals surface area contributed by atoms with Gasteiger partial charge in [0.25, 0.3) is 0 Å². The number of thiophene rings is 1. The maximum atomic E-state index is 12.2. The molecule has 1 aromatic carbocycles. The summed E-state index contributed by atoms with van der Waals surface area (Å²) in [4.78, 5) is 25.5. The average molecular weight is 404 g/mol. The molecule has 0 saturated heterocycles. The number of ether oxygens (including phenoxy) is 1. The van der Waals surface area contributed by atoms with Crippen molar-refractivity contribution in [1.29, 1.82) is 0 Å². The molecule has 6 heteroatoms. The van der Waals surface area contributed by atoms with Gasteiger partial charge in [-0.1, -0.05) is 24.4 Å². The molecule has 0 bridgehead atoms. The van der Waals surface area contributed by atoms with Gasteiger partial charge < -0.3 is 10.1 Å². The maximum Gasteiger partial charge on any atom is 0.223 e. The Morgan fingerprint density at radius 2 is 2.04 bits per heavy atom. The molecule has 0 unspecified atom stereocenters. The van der Waals surface area contributed by atoms with E-state index in [0.717, 1.165) is 53.0 Å². The van der Waals surface area contributed by atoms with Crippen LogP contribution in [0.25, 0.3) is 10.4 Å². The third-order valence-corrected chi connectivity index (χ3v) is 6.84. The van der Waals surface area contributed by atoms with Crippen molar-refractivity contribution in [2.45, 2.75) is 45.1 Å². The first-order valence-corrected chi connectivity index (χ1v) is 10.6. The normalized spacial score (nSPS) is 19.0. The second-order valence-electron chi connectivity index (χ2n) is 7.34. The number of benzene rings is 1. The van der Waals surface area contributed by atoms with Crippen molar-refractivity contribution in [2.75, 3.05) is 6.54 Å². The predicted octanol–water partition coefficient (Wildman–Crippen LogP) is 4.88. The largest absolute Gasteiger partial charge is 0.486 e. The van der Waals surface area contributed by atoms with E-state index in [4.69, 9.17) is 16.3 Å². The second-order valence-corrected chi connectivity index (χ2v) is 8.83. The van der Waals surface area contributed by atoms with Crippen LogP contribution in [-0.4, -0.2) is 24.3 Å². The summed E-state index contributed by atoms with van der Waals surface area (Å²) in [5.41, 5.74) is 2.05. The highest BCUT2D eigenvalue weighted by atomic mass is 35.5. The van der Waals surface area contributed by atoms with E-state index in [9.17, 15) is 9.59 Å². The van der Waals surface area contributed by atoms with Crippen molar-refractivity contribution in [2.24, 2.45) is 5.92 Å². The molecule has 2 heterocycles. The van der Waals surface area contributed by atoms with Gasteiger partial charge >= 0.3 is 0 Å². The zero-order valence-electron chi connectivity index (χ0n) is 15.2. The Kier molecular flexibility index (Phi) is 5.24. The maximum absolute atomic E-state index is 12.2. The molecular weight excluding hydrogens is 382 g/mol. The van der Waals surface area contributed by atoms with Gasteiger partial charge in [-0.25, -0.2) is 0 Å². The van der Waals surface area contributed by atoms with E-state index in [2.05, 4.69) is 11.4 Å². The molecule has 1 N–H and O–H groups in total. The van der Waals surface area contributed by atoms with Gasteiger partial charge in [0.05, 0.1) is 16.4 Å². The Morgan fingerprint density at radius 3 is 2.74 bits per heavy atom. The van der Waals surface area contributed by atoms with Crippen LogP contribution in [0.2, 0.25) is 5.02 Å². The van der Waals surface area contributed by atoms with Crippen molar-refractivity contribution >= 4 is 34.6 Å². The summed E-state index contributed by atoms with van der Waals surface area (Å²) in [5.74, 6) is 1.09. The molecule has 1 aromatic heterocycles. The first-order valence-electron chi connectivity index (χ1n) is 9.39. The lowest BCUT2D eigenvalue weighted by Crippen LogP contribution is -2.37. The van der Waals surface area contributed by atoms with Gasteiger partial charge in [-0.05, 0) is 49.6 Å². The van der Waals surface area contributed by atoms with E-state index in [1.165, 1.54) is 11.3 Å². The summed E-state index contributed by atoms with van der Waals surface area (Å²) >= 11 is 7.92. The van der Waals surface area contributed by atoms with Crippen molar-refractivity contribution in [3.05, 3.63) is 39.7 Å². The number of ketones is 1. The molecule has 27 heavy (non-hydrogen) atoms. The van der Waals surface area contributed by atoms with Crippen LogP contribution in [0.3, 0.4) is 0 Å². The molecule has 2 aromatic rings. The number of carbonyl (C=O) groups excluding carboxylic acids is 2. The Morgan fingerprint density at radius 1 is 1.26 bits per heavy atom. The van der Waals surface area contributed by atoms with Gasteiger partial charge in [-0.2, -0.15) is 0 Å². The fraction of sp³-hybridized carbons (Fsp3) is 0.429. The fourth-order valence-corrected chi connectivity index (χ4v) is 5.04. The van der Waals surface area contributed by atoms with Crippen LogP contribution in [0.5, 0.6) is 5.75 Å². The number of rotatable bonds is 5. The van der Waals surface area contributed by atoms with Gasteiger partial charge in [-0.3, -0.25) is 9.59 Å². The highest BCUT2D eigenvalue weighted by Gasteiger charge is 2.28. The summed E-state index contributed by atoms with van der Waals surface area (Å²) in [6.45, 7) is 2.08. The molecule has 0 spiro atoms. The third-order valence-electron chi connectivity index (χ3n) is 5.32. The third kappa shape index (κ3) is 3.90. The zero-order valence-corrected chi connectivity index (χ0v) is 16.8. The number of nitrogens with one attached hydrogen (secondary N) is 1. The van der Waals surface area contributed by atoms with Gasteiger partial charge in [0.2, 0.25) is 5.91 Å². The zero-order chi connectivity index (χ0) is 19.0. The number of halogens is 1. The van der Waals surface area contributed by atoms with E-state index < -0.39 is 0 Å². The molecule has 1 saturated carbocycles. The molecule has 1 aliphatic heterocycles. The minimum atomic E-state index is -0.0887. The highest BCUT2D eigenvalue weighted by Crippen LogP contribution is 2.41. The topological polar surface area (TPSA) is 55.4 Å². The fourth-order valence-electron chi connectivity index (χ4n) is 3.87. The molecule has 4 rings (SSSR count). The number of hydrogen-bond donors (Lipinski definition) is 1. The lowest BCUT2D eigenvalue weighted by atomic mass is 10.0.